The van der Waals surface area contributed by atoms with E-state index in [0.717, 1.165) is 17.5 Å². The first-order valence-corrected chi connectivity index (χ1v) is 10.9. The number of imidazole rings is 1. The van der Waals surface area contributed by atoms with Gasteiger partial charge in [0.25, 0.3) is 5.56 Å². The lowest BCUT2D eigenvalue weighted by Gasteiger charge is -2.23. The number of H-pyrrole nitrogens is 2. The third-order valence-corrected chi connectivity index (χ3v) is 5.53. The Morgan fingerprint density at radius 1 is 1.21 bits per heavy atom. The van der Waals surface area contributed by atoms with Crippen molar-refractivity contribution in [3.63, 3.8) is 0 Å². The van der Waals surface area contributed by atoms with Crippen molar-refractivity contribution < 1.29 is 9.84 Å². The van der Waals surface area contributed by atoms with Gasteiger partial charge in [-0.3, -0.25) is 10.2 Å². The average Bonchev–Trinajstić information content (AvgIpc) is 3.25. The predicted octanol–water partition coefficient (Wildman–Crippen LogP) is 3.59. The number of aryl methyl sites for hydroxylation is 1. The molecule has 4 rings (SSSR count). The summed E-state index contributed by atoms with van der Waals surface area (Å²) < 4.78 is 5.33. The van der Waals surface area contributed by atoms with Crippen molar-refractivity contribution in [2.24, 2.45) is 0 Å². The number of nitrogens with zero attached hydrogens (tertiary/aromatic N) is 2. The van der Waals surface area contributed by atoms with Crippen molar-refractivity contribution in [2.45, 2.75) is 20.3 Å². The summed E-state index contributed by atoms with van der Waals surface area (Å²) in [6, 6.07) is 15.4. The van der Waals surface area contributed by atoms with Gasteiger partial charge in [-0.25, -0.2) is 4.98 Å². The molecule has 0 saturated heterocycles. The number of pyridine rings is 1. The van der Waals surface area contributed by atoms with Crippen LogP contribution in [0.15, 0.2) is 59.5 Å². The number of fused-ring (bicyclic) bond motifs is 1. The number of nitrogens with one attached hydrogen (secondary N) is 3. The molecular weight excluding hydrogens is 418 g/mol. The van der Waals surface area contributed by atoms with Crippen LogP contribution in [0.1, 0.15) is 23.6 Å². The third kappa shape index (κ3) is 4.65. The summed E-state index contributed by atoms with van der Waals surface area (Å²) in [6.07, 6.45) is 2.29. The maximum Gasteiger partial charge on any atom is 0.261 e. The molecule has 2 heterocycles. The molecule has 0 saturated carbocycles. The van der Waals surface area contributed by atoms with Crippen LogP contribution in [-0.2, 0) is 11.2 Å². The molecule has 8 nitrogen and oxygen atoms in total. The minimum atomic E-state index is -0.301. The molecule has 0 aliphatic carbocycles. The first kappa shape index (κ1) is 22.3. The van der Waals surface area contributed by atoms with Crippen molar-refractivity contribution in [3.8, 4) is 11.4 Å². The summed E-state index contributed by atoms with van der Waals surface area (Å²) >= 11 is 0. The molecule has 0 spiro atoms. The molecule has 8 heteroatoms. The van der Waals surface area contributed by atoms with Crippen LogP contribution in [-0.4, -0.2) is 45.8 Å². The molecule has 0 unspecified atom stereocenters. The number of aromatic nitrogens is 3. The summed E-state index contributed by atoms with van der Waals surface area (Å²) in [5.41, 5.74) is 4.72. The fourth-order valence-electron chi connectivity index (χ4n) is 3.90. The van der Waals surface area contributed by atoms with Crippen molar-refractivity contribution in [1.82, 2.24) is 15.0 Å². The monoisotopic (exact) mass is 445 g/mol. The molecule has 2 aromatic heterocycles. The molecule has 0 bridgehead atoms. The van der Waals surface area contributed by atoms with Crippen molar-refractivity contribution in [3.05, 3.63) is 81.8 Å². The zero-order chi connectivity index (χ0) is 23.4. The molecule has 170 valence electrons. The highest BCUT2D eigenvalue weighted by molar-refractivity contribution is 5.97. The van der Waals surface area contributed by atoms with Crippen LogP contribution in [0.2, 0.25) is 0 Å². The van der Waals surface area contributed by atoms with Crippen LogP contribution in [0.5, 0.6) is 0 Å². The van der Waals surface area contributed by atoms with Crippen LogP contribution in [0.25, 0.3) is 22.4 Å². The van der Waals surface area contributed by atoms with E-state index in [4.69, 9.17) is 15.1 Å². The van der Waals surface area contributed by atoms with Crippen LogP contribution in [0, 0.1) is 12.3 Å². The topological polar surface area (TPSA) is 118 Å². The van der Waals surface area contributed by atoms with E-state index in [1.165, 1.54) is 0 Å². The van der Waals surface area contributed by atoms with Gasteiger partial charge >= 0.3 is 0 Å². The number of benzene rings is 2. The third-order valence-electron chi connectivity index (χ3n) is 5.53. The summed E-state index contributed by atoms with van der Waals surface area (Å²) in [5.74, 6) is 0.493. The Hall–Kier alpha value is -3.91. The average molecular weight is 446 g/mol. The molecule has 4 aromatic rings. The normalized spacial score (nSPS) is 11.0. The van der Waals surface area contributed by atoms with Gasteiger partial charge in [-0.2, -0.15) is 0 Å². The highest BCUT2D eigenvalue weighted by Gasteiger charge is 2.20. The van der Waals surface area contributed by atoms with E-state index in [0.29, 0.717) is 46.8 Å². The van der Waals surface area contributed by atoms with Gasteiger partial charge in [-0.15, -0.1) is 0 Å². The van der Waals surface area contributed by atoms with Gasteiger partial charge in [0.2, 0.25) is 5.90 Å². The van der Waals surface area contributed by atoms with Crippen LogP contribution >= 0.6 is 0 Å². The molecule has 0 amide bonds. The minimum Gasteiger partial charge on any atom is -0.478 e. The number of aromatic amines is 2. The van der Waals surface area contributed by atoms with E-state index in [1.807, 2.05) is 50.2 Å². The fraction of sp³-hybridized carbons (Fsp3) is 0.240. The summed E-state index contributed by atoms with van der Waals surface area (Å²) in [4.78, 5) is 25.3. The Labute approximate surface area is 191 Å². The quantitative estimate of drug-likeness (QED) is 0.188. The molecule has 0 aliphatic heterocycles. The smallest absolute Gasteiger partial charge is 0.261 e. The second-order valence-corrected chi connectivity index (χ2v) is 7.74. The molecule has 4 N–H and O–H groups in total. The molecule has 0 atom stereocenters. The van der Waals surface area contributed by atoms with Gasteiger partial charge in [-0.05, 0) is 49.6 Å². The van der Waals surface area contributed by atoms with Gasteiger partial charge in [0.1, 0.15) is 18.1 Å². The standard InChI is InChI=1S/C25H27N5O3/c1-3-33-23(26)18-13-16(2)22-19(14-18)28-24(29-22)21-20(9-11-27-25(21)32)30(15-31)12-10-17-7-5-4-6-8-17/h4-9,11,13-14,26,31H,3,10,12,15H2,1-2H3,(H,27,32)(H,28,29). The number of aliphatic hydroxyl groups is 1. The minimum absolute atomic E-state index is 0.0873. The highest BCUT2D eigenvalue weighted by atomic mass is 16.5. The van der Waals surface area contributed by atoms with Gasteiger partial charge in [0, 0.05) is 18.3 Å². The Morgan fingerprint density at radius 3 is 2.73 bits per heavy atom. The first-order chi connectivity index (χ1) is 16.0. The molecule has 33 heavy (non-hydrogen) atoms. The number of hydrogen-bond acceptors (Lipinski definition) is 6. The second-order valence-electron chi connectivity index (χ2n) is 7.74. The fourth-order valence-corrected chi connectivity index (χ4v) is 3.90. The zero-order valence-corrected chi connectivity index (χ0v) is 18.7. The lowest BCUT2D eigenvalue weighted by atomic mass is 10.1. The van der Waals surface area contributed by atoms with Crippen LogP contribution < -0.4 is 10.5 Å². The largest absolute Gasteiger partial charge is 0.478 e. The Balaban J connectivity index is 1.74. The van der Waals surface area contributed by atoms with E-state index in [9.17, 15) is 9.90 Å². The van der Waals surface area contributed by atoms with E-state index >= 15 is 0 Å². The lowest BCUT2D eigenvalue weighted by molar-refractivity contribution is 0.291. The number of ether oxygens (including phenoxy) is 1. The molecular formula is C25H27N5O3. The molecule has 0 fully saturated rings. The summed E-state index contributed by atoms with van der Waals surface area (Å²) in [6.45, 7) is 4.45. The second kappa shape index (κ2) is 9.70. The van der Waals surface area contributed by atoms with Gasteiger partial charge in [-0.1, -0.05) is 30.3 Å². The first-order valence-electron chi connectivity index (χ1n) is 10.9. The number of anilines is 1. The van der Waals surface area contributed by atoms with Crippen LogP contribution in [0.4, 0.5) is 5.69 Å². The summed E-state index contributed by atoms with van der Waals surface area (Å²) in [7, 11) is 0. The molecule has 0 aliphatic rings. The van der Waals surface area contributed by atoms with Gasteiger partial charge < -0.3 is 24.7 Å². The van der Waals surface area contributed by atoms with E-state index < -0.39 is 0 Å². The van der Waals surface area contributed by atoms with Crippen molar-refractivity contribution in [1.29, 1.82) is 5.41 Å². The molecule has 2 aromatic carbocycles. The SMILES string of the molecule is CCOC(=N)c1cc(C)c2nc(-c3c(N(CO)CCc4ccccc4)cc[nH]c3=O)[nH]c2c1. The summed E-state index contributed by atoms with van der Waals surface area (Å²) in [5, 5.41) is 18.2. The van der Waals surface area contributed by atoms with Crippen LogP contribution in [0.3, 0.4) is 0 Å². The maximum absolute atomic E-state index is 12.9. The van der Waals surface area contributed by atoms with E-state index in [2.05, 4.69) is 9.97 Å². The zero-order valence-electron chi connectivity index (χ0n) is 18.7. The number of rotatable bonds is 8. The maximum atomic E-state index is 12.9. The van der Waals surface area contributed by atoms with E-state index in [-0.39, 0.29) is 18.2 Å². The van der Waals surface area contributed by atoms with E-state index in [1.54, 1.807) is 23.2 Å². The Bertz CT molecular complexity index is 1330. The van der Waals surface area contributed by atoms with Gasteiger partial charge in [0.15, 0.2) is 0 Å². The molecule has 0 radical (unpaired) electrons. The van der Waals surface area contributed by atoms with Gasteiger partial charge in [0.05, 0.1) is 23.3 Å². The van der Waals surface area contributed by atoms with Crippen molar-refractivity contribution >= 4 is 22.6 Å². The number of hydrogen-bond donors (Lipinski definition) is 4. The Kier molecular flexibility index (Phi) is 6.55. The lowest BCUT2D eigenvalue weighted by Crippen LogP contribution is -2.29. The van der Waals surface area contributed by atoms with Crippen molar-refractivity contribution in [2.75, 3.05) is 24.8 Å². The number of aliphatic hydroxyl groups excluding tert-OH is 1. The predicted molar refractivity (Wildman–Crippen MR) is 130 cm³/mol. The highest BCUT2D eigenvalue weighted by Crippen LogP contribution is 2.29. The Morgan fingerprint density at radius 2 is 2.00 bits per heavy atom.